The van der Waals surface area contributed by atoms with E-state index in [9.17, 15) is 8.42 Å². The highest BCUT2D eigenvalue weighted by molar-refractivity contribution is 7.89. The minimum atomic E-state index is -3.71. The van der Waals surface area contributed by atoms with Crippen LogP contribution in [0, 0.1) is 6.92 Å². The summed E-state index contributed by atoms with van der Waals surface area (Å²) in [7, 11) is -0.738. The third-order valence-electron chi connectivity index (χ3n) is 4.55. The van der Waals surface area contributed by atoms with Crippen LogP contribution in [0.15, 0.2) is 47.4 Å². The van der Waals surface area contributed by atoms with Crippen LogP contribution in [0.4, 0.5) is 0 Å². The maximum atomic E-state index is 13.2. The van der Waals surface area contributed by atoms with Gasteiger partial charge < -0.3 is 14.2 Å². The summed E-state index contributed by atoms with van der Waals surface area (Å²) in [6, 6.07) is 12.6. The van der Waals surface area contributed by atoms with Gasteiger partial charge in [0, 0.05) is 19.2 Å². The molecule has 0 bridgehead atoms. The number of benzene rings is 2. The van der Waals surface area contributed by atoms with Gasteiger partial charge in [-0.3, -0.25) is 0 Å². The highest BCUT2D eigenvalue weighted by Gasteiger charge is 2.33. The van der Waals surface area contributed by atoms with Crippen LogP contribution in [0.1, 0.15) is 17.2 Å². The Kier molecular flexibility index (Phi) is 5.50. The first-order valence-electron chi connectivity index (χ1n) is 8.36. The summed E-state index contributed by atoms with van der Waals surface area (Å²) in [5.74, 6) is 0.809. The average Bonchev–Trinajstić information content (AvgIpc) is 2.67. The number of ether oxygens (including phenoxy) is 3. The standard InChI is InChI=1S/C19H23NO5S/c1-14-6-4-5-7-16(14)18-13-20(10-11-25-18)26(21,22)19-9-8-15(23-2)12-17(19)24-3/h4-9,12,18H,10-11,13H2,1-3H3. The van der Waals surface area contributed by atoms with Crippen molar-refractivity contribution in [3.63, 3.8) is 0 Å². The number of hydrogen-bond donors (Lipinski definition) is 0. The molecule has 1 unspecified atom stereocenters. The van der Waals surface area contributed by atoms with E-state index in [0.29, 0.717) is 18.9 Å². The van der Waals surface area contributed by atoms with E-state index in [1.54, 1.807) is 12.1 Å². The number of morpholine rings is 1. The van der Waals surface area contributed by atoms with Gasteiger partial charge in [-0.25, -0.2) is 8.42 Å². The molecule has 1 atom stereocenters. The lowest BCUT2D eigenvalue weighted by Gasteiger charge is -2.33. The second kappa shape index (κ2) is 7.65. The van der Waals surface area contributed by atoms with Gasteiger partial charge in [-0.05, 0) is 30.2 Å². The molecule has 2 aromatic carbocycles. The number of nitrogens with zero attached hydrogens (tertiary/aromatic N) is 1. The van der Waals surface area contributed by atoms with Crippen molar-refractivity contribution in [3.8, 4) is 11.5 Å². The van der Waals surface area contributed by atoms with Crippen LogP contribution in [0.3, 0.4) is 0 Å². The molecule has 26 heavy (non-hydrogen) atoms. The predicted molar refractivity (Wildman–Crippen MR) is 98.2 cm³/mol. The molecule has 6 nitrogen and oxygen atoms in total. The first kappa shape index (κ1) is 18.7. The molecule has 1 saturated heterocycles. The molecule has 0 spiro atoms. The molecule has 140 valence electrons. The normalized spacial score (nSPS) is 18.5. The Morgan fingerprint density at radius 2 is 1.88 bits per heavy atom. The average molecular weight is 377 g/mol. The van der Waals surface area contributed by atoms with Crippen molar-refractivity contribution in [2.45, 2.75) is 17.9 Å². The van der Waals surface area contributed by atoms with Crippen LogP contribution in [0.2, 0.25) is 0 Å². The molecule has 1 fully saturated rings. The van der Waals surface area contributed by atoms with Crippen LogP contribution < -0.4 is 9.47 Å². The molecule has 0 aromatic heterocycles. The minimum absolute atomic E-state index is 0.131. The van der Waals surface area contributed by atoms with Crippen LogP contribution in [-0.4, -0.2) is 46.6 Å². The topological polar surface area (TPSA) is 65.1 Å². The van der Waals surface area contributed by atoms with Gasteiger partial charge in [0.15, 0.2) is 0 Å². The Morgan fingerprint density at radius 1 is 1.12 bits per heavy atom. The van der Waals surface area contributed by atoms with Crippen molar-refractivity contribution in [2.24, 2.45) is 0 Å². The van der Waals surface area contributed by atoms with Crippen molar-refractivity contribution < 1.29 is 22.6 Å². The van der Waals surface area contributed by atoms with E-state index in [0.717, 1.165) is 11.1 Å². The summed E-state index contributed by atoms with van der Waals surface area (Å²) >= 11 is 0. The van der Waals surface area contributed by atoms with Crippen molar-refractivity contribution in [1.82, 2.24) is 4.31 Å². The fourth-order valence-corrected chi connectivity index (χ4v) is 4.67. The number of hydrogen-bond acceptors (Lipinski definition) is 5. The number of methoxy groups -OCH3 is 2. The summed E-state index contributed by atoms with van der Waals surface area (Å²) in [4.78, 5) is 0.131. The van der Waals surface area contributed by atoms with E-state index < -0.39 is 10.0 Å². The van der Waals surface area contributed by atoms with Gasteiger partial charge in [0.25, 0.3) is 0 Å². The van der Waals surface area contributed by atoms with Gasteiger partial charge in [-0.1, -0.05) is 24.3 Å². The smallest absolute Gasteiger partial charge is 0.246 e. The Morgan fingerprint density at radius 3 is 2.58 bits per heavy atom. The van der Waals surface area contributed by atoms with E-state index in [-0.39, 0.29) is 23.3 Å². The summed E-state index contributed by atoms with van der Waals surface area (Å²) in [6.07, 6.45) is -0.288. The van der Waals surface area contributed by atoms with Crippen molar-refractivity contribution in [1.29, 1.82) is 0 Å². The summed E-state index contributed by atoms with van der Waals surface area (Å²) in [5.41, 5.74) is 2.09. The van der Waals surface area contributed by atoms with E-state index >= 15 is 0 Å². The van der Waals surface area contributed by atoms with Gasteiger partial charge >= 0.3 is 0 Å². The number of rotatable bonds is 5. The first-order valence-corrected chi connectivity index (χ1v) is 9.80. The minimum Gasteiger partial charge on any atom is -0.497 e. The molecule has 0 radical (unpaired) electrons. The largest absolute Gasteiger partial charge is 0.497 e. The van der Waals surface area contributed by atoms with Crippen molar-refractivity contribution >= 4 is 10.0 Å². The molecule has 0 N–H and O–H groups in total. The Bertz CT molecular complexity index is 881. The Hall–Kier alpha value is -2.09. The Balaban J connectivity index is 1.91. The van der Waals surface area contributed by atoms with Crippen LogP contribution in [-0.2, 0) is 14.8 Å². The number of sulfonamides is 1. The SMILES string of the molecule is COc1ccc(S(=O)(=O)N2CCOC(c3ccccc3C)C2)c(OC)c1. The lowest BCUT2D eigenvalue weighted by Crippen LogP contribution is -2.42. The van der Waals surface area contributed by atoms with E-state index in [2.05, 4.69) is 0 Å². The van der Waals surface area contributed by atoms with Gasteiger partial charge in [0.2, 0.25) is 10.0 Å². The lowest BCUT2D eigenvalue weighted by atomic mass is 10.0. The molecule has 1 aliphatic rings. The molecule has 0 amide bonds. The fraction of sp³-hybridized carbons (Fsp3) is 0.368. The third kappa shape index (κ3) is 3.56. The van der Waals surface area contributed by atoms with Crippen molar-refractivity contribution in [2.75, 3.05) is 33.9 Å². The molecular formula is C19H23NO5S. The van der Waals surface area contributed by atoms with Crippen LogP contribution in [0.25, 0.3) is 0 Å². The molecule has 1 aliphatic heterocycles. The first-order chi connectivity index (χ1) is 12.5. The van der Waals surface area contributed by atoms with Gasteiger partial charge in [0.05, 0.1) is 26.9 Å². The van der Waals surface area contributed by atoms with Gasteiger partial charge in [0.1, 0.15) is 16.4 Å². The summed E-state index contributed by atoms with van der Waals surface area (Å²) in [6.45, 7) is 2.91. The highest BCUT2D eigenvalue weighted by atomic mass is 32.2. The van der Waals surface area contributed by atoms with E-state index in [1.807, 2.05) is 31.2 Å². The highest BCUT2D eigenvalue weighted by Crippen LogP contribution is 2.33. The zero-order chi connectivity index (χ0) is 18.7. The maximum absolute atomic E-state index is 13.2. The monoisotopic (exact) mass is 377 g/mol. The quantitative estimate of drug-likeness (QED) is 0.802. The number of aryl methyl sites for hydroxylation is 1. The lowest BCUT2D eigenvalue weighted by molar-refractivity contribution is -0.00292. The second-order valence-corrected chi connectivity index (χ2v) is 8.00. The molecule has 2 aromatic rings. The molecule has 1 heterocycles. The van der Waals surface area contributed by atoms with Crippen LogP contribution >= 0.6 is 0 Å². The molecule has 0 saturated carbocycles. The van der Waals surface area contributed by atoms with E-state index in [1.165, 1.54) is 24.6 Å². The molecule has 0 aliphatic carbocycles. The molecule has 3 rings (SSSR count). The zero-order valence-corrected chi connectivity index (χ0v) is 16.0. The zero-order valence-electron chi connectivity index (χ0n) is 15.1. The fourth-order valence-electron chi connectivity index (χ4n) is 3.11. The van der Waals surface area contributed by atoms with Gasteiger partial charge in [-0.15, -0.1) is 0 Å². The second-order valence-electron chi connectivity index (χ2n) is 6.10. The van der Waals surface area contributed by atoms with Gasteiger partial charge in [-0.2, -0.15) is 4.31 Å². The molecular weight excluding hydrogens is 354 g/mol. The summed E-state index contributed by atoms with van der Waals surface area (Å²) < 4.78 is 44.1. The third-order valence-corrected chi connectivity index (χ3v) is 6.46. The molecule has 7 heteroatoms. The predicted octanol–water partition coefficient (Wildman–Crippen LogP) is 2.77. The summed E-state index contributed by atoms with van der Waals surface area (Å²) in [5, 5.41) is 0. The van der Waals surface area contributed by atoms with E-state index in [4.69, 9.17) is 14.2 Å². The van der Waals surface area contributed by atoms with Crippen molar-refractivity contribution in [3.05, 3.63) is 53.6 Å². The maximum Gasteiger partial charge on any atom is 0.246 e. The van der Waals surface area contributed by atoms with Crippen LogP contribution in [0.5, 0.6) is 11.5 Å². The Labute approximate surface area is 154 Å².